The third-order valence-electron chi connectivity index (χ3n) is 4.42. The lowest BCUT2D eigenvalue weighted by Gasteiger charge is -2.16. The lowest BCUT2D eigenvalue weighted by molar-refractivity contribution is 0.102. The highest BCUT2D eigenvalue weighted by Crippen LogP contribution is 2.41. The van der Waals surface area contributed by atoms with E-state index in [9.17, 15) is 4.79 Å². The SMILES string of the molecule is CCOc1cc(-c2nnc(NC(=O)c3cc(OC)cc(OC)c3)o2)cc(OCC)c1OCC. The van der Waals surface area contributed by atoms with Gasteiger partial charge in [0.15, 0.2) is 11.5 Å². The van der Waals surface area contributed by atoms with Crippen LogP contribution < -0.4 is 29.0 Å². The van der Waals surface area contributed by atoms with Crippen LogP contribution in [0.3, 0.4) is 0 Å². The topological polar surface area (TPSA) is 114 Å². The number of amides is 1. The summed E-state index contributed by atoms with van der Waals surface area (Å²) >= 11 is 0. The molecule has 2 aromatic carbocycles. The third kappa shape index (κ3) is 5.65. The highest BCUT2D eigenvalue weighted by Gasteiger charge is 2.20. The Hall–Kier alpha value is -3.95. The molecule has 0 radical (unpaired) electrons. The fourth-order valence-corrected chi connectivity index (χ4v) is 3.01. The van der Waals surface area contributed by atoms with E-state index in [1.165, 1.54) is 14.2 Å². The number of nitrogens with one attached hydrogen (secondary N) is 1. The number of ether oxygens (including phenoxy) is 5. The molecule has 1 N–H and O–H groups in total. The summed E-state index contributed by atoms with van der Waals surface area (Å²) in [6.07, 6.45) is 0. The lowest BCUT2D eigenvalue weighted by atomic mass is 10.2. The van der Waals surface area contributed by atoms with E-state index in [4.69, 9.17) is 28.1 Å². The van der Waals surface area contributed by atoms with Gasteiger partial charge in [-0.2, -0.15) is 0 Å². The molecular weight excluding hydrogens is 430 g/mol. The van der Waals surface area contributed by atoms with E-state index in [2.05, 4.69) is 15.5 Å². The van der Waals surface area contributed by atoms with Crippen LogP contribution in [0.5, 0.6) is 28.7 Å². The Balaban J connectivity index is 1.88. The first-order valence-corrected chi connectivity index (χ1v) is 10.5. The first-order chi connectivity index (χ1) is 16.0. The van der Waals surface area contributed by atoms with Crippen molar-refractivity contribution >= 4 is 11.9 Å². The van der Waals surface area contributed by atoms with Crippen molar-refractivity contribution < 1.29 is 32.9 Å². The second-order valence-corrected chi connectivity index (χ2v) is 6.57. The zero-order valence-corrected chi connectivity index (χ0v) is 19.3. The van der Waals surface area contributed by atoms with E-state index < -0.39 is 5.91 Å². The number of hydrogen-bond donors (Lipinski definition) is 1. The molecule has 10 heteroatoms. The van der Waals surface area contributed by atoms with Gasteiger partial charge in [-0.1, -0.05) is 5.10 Å². The van der Waals surface area contributed by atoms with Gasteiger partial charge < -0.3 is 28.1 Å². The van der Waals surface area contributed by atoms with E-state index in [0.717, 1.165) is 0 Å². The van der Waals surface area contributed by atoms with E-state index in [0.29, 0.717) is 59.7 Å². The molecule has 0 aliphatic rings. The fraction of sp³-hybridized carbons (Fsp3) is 0.348. The molecule has 0 unspecified atom stereocenters. The number of rotatable bonds is 11. The standard InChI is InChI=1S/C23H27N3O7/c1-6-30-18-11-15(12-19(31-7-2)20(18)32-8-3)22-25-26-23(33-22)24-21(27)14-9-16(28-4)13-17(10-14)29-5/h9-13H,6-8H2,1-5H3,(H,24,26,27). The van der Waals surface area contributed by atoms with Gasteiger partial charge in [0.2, 0.25) is 11.6 Å². The molecule has 0 atom stereocenters. The Kier molecular flexibility index (Phi) is 7.96. The Labute approximate surface area is 191 Å². The predicted octanol–water partition coefficient (Wildman–Crippen LogP) is 4.20. The molecule has 3 aromatic rings. The van der Waals surface area contributed by atoms with Gasteiger partial charge in [0.1, 0.15) is 11.5 Å². The highest BCUT2D eigenvalue weighted by molar-refractivity contribution is 6.03. The molecule has 0 aliphatic carbocycles. The molecule has 0 aliphatic heterocycles. The molecule has 0 bridgehead atoms. The molecule has 1 heterocycles. The van der Waals surface area contributed by atoms with E-state index >= 15 is 0 Å². The van der Waals surface area contributed by atoms with Gasteiger partial charge in [-0.15, -0.1) is 5.10 Å². The van der Waals surface area contributed by atoms with Crippen molar-refractivity contribution in [2.45, 2.75) is 20.8 Å². The van der Waals surface area contributed by atoms with Crippen molar-refractivity contribution in [1.82, 2.24) is 10.2 Å². The Morgan fingerprint density at radius 1 is 0.848 bits per heavy atom. The Morgan fingerprint density at radius 2 is 1.42 bits per heavy atom. The summed E-state index contributed by atoms with van der Waals surface area (Å²) in [6, 6.07) is 8.20. The Bertz CT molecular complexity index is 1050. The number of carbonyl (C=O) groups excluding carboxylic acids is 1. The number of anilines is 1. The maximum Gasteiger partial charge on any atom is 0.322 e. The highest BCUT2D eigenvalue weighted by atomic mass is 16.5. The van der Waals surface area contributed by atoms with Crippen LogP contribution in [0.25, 0.3) is 11.5 Å². The second-order valence-electron chi connectivity index (χ2n) is 6.57. The number of hydrogen-bond acceptors (Lipinski definition) is 9. The number of nitrogens with zero attached hydrogens (tertiary/aromatic N) is 2. The molecule has 1 aromatic heterocycles. The van der Waals surface area contributed by atoms with Crippen LogP contribution in [-0.2, 0) is 0 Å². The minimum Gasteiger partial charge on any atom is -0.497 e. The molecule has 0 saturated heterocycles. The number of carbonyl (C=O) groups is 1. The average molecular weight is 457 g/mol. The summed E-state index contributed by atoms with van der Waals surface area (Å²) in [5, 5.41) is 10.6. The largest absolute Gasteiger partial charge is 0.497 e. The predicted molar refractivity (Wildman–Crippen MR) is 121 cm³/mol. The summed E-state index contributed by atoms with van der Waals surface area (Å²) < 4.78 is 33.2. The smallest absolute Gasteiger partial charge is 0.322 e. The minimum absolute atomic E-state index is 0.0680. The maximum absolute atomic E-state index is 12.7. The van der Waals surface area contributed by atoms with Gasteiger partial charge in [-0.3, -0.25) is 10.1 Å². The Morgan fingerprint density at radius 3 is 1.94 bits per heavy atom. The van der Waals surface area contributed by atoms with Crippen molar-refractivity contribution in [3.63, 3.8) is 0 Å². The molecule has 176 valence electrons. The van der Waals surface area contributed by atoms with Crippen molar-refractivity contribution in [1.29, 1.82) is 0 Å². The van der Waals surface area contributed by atoms with Gasteiger partial charge >= 0.3 is 6.01 Å². The van der Waals surface area contributed by atoms with Crippen LogP contribution in [0.15, 0.2) is 34.7 Å². The van der Waals surface area contributed by atoms with Gasteiger partial charge in [0.05, 0.1) is 34.0 Å². The molecule has 10 nitrogen and oxygen atoms in total. The zero-order chi connectivity index (χ0) is 23.8. The van der Waals surface area contributed by atoms with Crippen molar-refractivity contribution in [2.24, 2.45) is 0 Å². The molecule has 1 amide bonds. The molecule has 0 spiro atoms. The van der Waals surface area contributed by atoms with Gasteiger partial charge in [-0.25, -0.2) is 0 Å². The second kappa shape index (κ2) is 11.1. The summed E-state index contributed by atoms with van der Waals surface area (Å²) in [6.45, 7) is 6.94. The molecule has 33 heavy (non-hydrogen) atoms. The number of aromatic nitrogens is 2. The van der Waals surface area contributed by atoms with Crippen LogP contribution in [-0.4, -0.2) is 50.1 Å². The van der Waals surface area contributed by atoms with Crippen LogP contribution in [0, 0.1) is 0 Å². The van der Waals surface area contributed by atoms with Crippen LogP contribution in [0.1, 0.15) is 31.1 Å². The lowest BCUT2D eigenvalue weighted by Crippen LogP contribution is -2.12. The first kappa shape index (κ1) is 23.7. The maximum atomic E-state index is 12.7. The minimum atomic E-state index is -0.459. The van der Waals surface area contributed by atoms with Gasteiger partial charge in [0.25, 0.3) is 5.91 Å². The van der Waals surface area contributed by atoms with E-state index in [1.807, 2.05) is 20.8 Å². The fourth-order valence-electron chi connectivity index (χ4n) is 3.01. The van der Waals surface area contributed by atoms with E-state index in [-0.39, 0.29) is 11.9 Å². The monoisotopic (exact) mass is 457 g/mol. The van der Waals surface area contributed by atoms with Crippen LogP contribution in [0.4, 0.5) is 6.01 Å². The summed E-state index contributed by atoms with van der Waals surface area (Å²) in [5.74, 6) is 2.17. The van der Waals surface area contributed by atoms with Crippen molar-refractivity contribution in [3.05, 3.63) is 35.9 Å². The van der Waals surface area contributed by atoms with E-state index in [1.54, 1.807) is 30.3 Å². The summed E-state index contributed by atoms with van der Waals surface area (Å²) in [5.41, 5.74) is 0.866. The molecule has 0 fully saturated rings. The normalized spacial score (nSPS) is 10.5. The van der Waals surface area contributed by atoms with Crippen molar-refractivity contribution in [3.8, 4) is 40.2 Å². The average Bonchev–Trinajstić information content (AvgIpc) is 3.29. The van der Waals surface area contributed by atoms with Gasteiger partial charge in [-0.05, 0) is 45.0 Å². The summed E-state index contributed by atoms with van der Waals surface area (Å²) in [7, 11) is 3.01. The zero-order valence-electron chi connectivity index (χ0n) is 19.3. The molecule has 0 saturated carbocycles. The molecule has 3 rings (SSSR count). The summed E-state index contributed by atoms with van der Waals surface area (Å²) in [4.78, 5) is 12.7. The number of benzene rings is 2. The first-order valence-electron chi connectivity index (χ1n) is 10.5. The quantitative estimate of drug-likeness (QED) is 0.452. The third-order valence-corrected chi connectivity index (χ3v) is 4.42. The van der Waals surface area contributed by atoms with Gasteiger partial charge in [0, 0.05) is 17.2 Å². The van der Waals surface area contributed by atoms with Crippen LogP contribution >= 0.6 is 0 Å². The molecular formula is C23H27N3O7. The van der Waals surface area contributed by atoms with Crippen LogP contribution in [0.2, 0.25) is 0 Å². The number of methoxy groups -OCH3 is 2. The van der Waals surface area contributed by atoms with Crippen molar-refractivity contribution in [2.75, 3.05) is 39.4 Å².